The minimum atomic E-state index is -0.127. The zero-order valence-corrected chi connectivity index (χ0v) is 12.8. The van der Waals surface area contributed by atoms with Crippen molar-refractivity contribution >= 4 is 5.91 Å². The first kappa shape index (κ1) is 15.9. The summed E-state index contributed by atoms with van der Waals surface area (Å²) in [6.07, 6.45) is 0. The van der Waals surface area contributed by atoms with Gasteiger partial charge < -0.3 is 20.5 Å². The van der Waals surface area contributed by atoms with Gasteiger partial charge in [-0.15, -0.1) is 0 Å². The summed E-state index contributed by atoms with van der Waals surface area (Å²) in [5, 5.41) is 2.87. The molecule has 1 amide bonds. The number of ether oxygens (including phenoxy) is 2. The molecule has 2 rings (SSSR count). The minimum absolute atomic E-state index is 0.127. The number of methoxy groups -OCH3 is 2. The van der Waals surface area contributed by atoms with Crippen LogP contribution in [0.1, 0.15) is 21.5 Å². The zero-order valence-electron chi connectivity index (χ0n) is 12.8. The highest BCUT2D eigenvalue weighted by Gasteiger charge is 2.07. The molecule has 0 unspecified atom stereocenters. The maximum atomic E-state index is 12.1. The van der Waals surface area contributed by atoms with Gasteiger partial charge in [-0.1, -0.05) is 18.2 Å². The fourth-order valence-corrected chi connectivity index (χ4v) is 2.07. The standard InChI is InChI=1S/C17H20N2O3/c1-21-15-8-5-13(9-16(15)22-2)11-19-17(20)14-6-3-12(10-18)4-7-14/h3-9H,10-11,18H2,1-2H3,(H,19,20). The summed E-state index contributed by atoms with van der Waals surface area (Å²) in [6.45, 7) is 0.880. The predicted molar refractivity (Wildman–Crippen MR) is 85.0 cm³/mol. The Morgan fingerprint density at radius 3 is 2.23 bits per heavy atom. The Bertz CT molecular complexity index is 639. The largest absolute Gasteiger partial charge is 0.493 e. The van der Waals surface area contributed by atoms with E-state index in [9.17, 15) is 4.79 Å². The molecular formula is C17H20N2O3. The van der Waals surface area contributed by atoms with Gasteiger partial charge in [-0.3, -0.25) is 4.79 Å². The fourth-order valence-electron chi connectivity index (χ4n) is 2.07. The van der Waals surface area contributed by atoms with Crippen LogP contribution in [0.4, 0.5) is 0 Å². The SMILES string of the molecule is COc1ccc(CNC(=O)c2ccc(CN)cc2)cc1OC. The van der Waals surface area contributed by atoms with Crippen LogP contribution in [0.15, 0.2) is 42.5 Å². The summed E-state index contributed by atoms with van der Waals surface area (Å²) in [5.74, 6) is 1.18. The smallest absolute Gasteiger partial charge is 0.251 e. The third kappa shape index (κ3) is 3.77. The van der Waals surface area contributed by atoms with Gasteiger partial charge in [0.1, 0.15) is 0 Å². The Morgan fingerprint density at radius 2 is 1.64 bits per heavy atom. The molecule has 0 saturated heterocycles. The molecule has 5 heteroatoms. The van der Waals surface area contributed by atoms with Crippen LogP contribution >= 0.6 is 0 Å². The number of nitrogens with two attached hydrogens (primary N) is 1. The predicted octanol–water partition coefficient (Wildman–Crippen LogP) is 2.09. The van der Waals surface area contributed by atoms with Crippen molar-refractivity contribution in [3.05, 3.63) is 59.2 Å². The molecule has 2 aromatic rings. The summed E-state index contributed by atoms with van der Waals surface area (Å²) < 4.78 is 10.4. The van der Waals surface area contributed by atoms with Crippen molar-refractivity contribution in [1.82, 2.24) is 5.32 Å². The molecule has 0 aliphatic carbocycles. The quantitative estimate of drug-likeness (QED) is 0.857. The second-order valence-corrected chi connectivity index (χ2v) is 4.77. The molecule has 22 heavy (non-hydrogen) atoms. The van der Waals surface area contributed by atoms with E-state index in [4.69, 9.17) is 15.2 Å². The van der Waals surface area contributed by atoms with E-state index in [-0.39, 0.29) is 5.91 Å². The molecule has 0 saturated carbocycles. The molecule has 3 N–H and O–H groups in total. The highest BCUT2D eigenvalue weighted by molar-refractivity contribution is 5.94. The van der Waals surface area contributed by atoms with Crippen molar-refractivity contribution in [1.29, 1.82) is 0 Å². The maximum absolute atomic E-state index is 12.1. The van der Waals surface area contributed by atoms with Crippen LogP contribution in [-0.2, 0) is 13.1 Å². The van der Waals surface area contributed by atoms with Crippen LogP contribution in [-0.4, -0.2) is 20.1 Å². The lowest BCUT2D eigenvalue weighted by Gasteiger charge is -2.10. The number of hydrogen-bond donors (Lipinski definition) is 2. The summed E-state index contributed by atoms with van der Waals surface area (Å²) in [6, 6.07) is 12.8. The number of rotatable bonds is 6. The molecule has 0 bridgehead atoms. The van der Waals surface area contributed by atoms with Gasteiger partial charge in [-0.05, 0) is 35.4 Å². The molecule has 0 aliphatic heterocycles. The van der Waals surface area contributed by atoms with Gasteiger partial charge in [-0.2, -0.15) is 0 Å². The number of carbonyl (C=O) groups is 1. The number of nitrogens with one attached hydrogen (secondary N) is 1. The molecule has 116 valence electrons. The van der Waals surface area contributed by atoms with Crippen LogP contribution in [0, 0.1) is 0 Å². The van der Waals surface area contributed by atoms with Crippen LogP contribution in [0.5, 0.6) is 11.5 Å². The number of amides is 1. The van der Waals surface area contributed by atoms with Crippen LogP contribution in [0.3, 0.4) is 0 Å². The van der Waals surface area contributed by atoms with Crippen molar-refractivity contribution in [2.75, 3.05) is 14.2 Å². The van der Waals surface area contributed by atoms with Crippen molar-refractivity contribution < 1.29 is 14.3 Å². The van der Waals surface area contributed by atoms with Gasteiger partial charge in [0, 0.05) is 18.7 Å². The molecule has 0 heterocycles. The molecule has 0 fully saturated rings. The van der Waals surface area contributed by atoms with Gasteiger partial charge in [0.2, 0.25) is 0 Å². The highest BCUT2D eigenvalue weighted by Crippen LogP contribution is 2.27. The van der Waals surface area contributed by atoms with Gasteiger partial charge in [-0.25, -0.2) is 0 Å². The van der Waals surface area contributed by atoms with E-state index in [1.54, 1.807) is 26.4 Å². The van der Waals surface area contributed by atoms with E-state index in [1.807, 2.05) is 30.3 Å². The Morgan fingerprint density at radius 1 is 1.00 bits per heavy atom. The lowest BCUT2D eigenvalue weighted by atomic mass is 10.1. The Labute approximate surface area is 130 Å². The topological polar surface area (TPSA) is 73.6 Å². The molecule has 0 spiro atoms. The molecule has 0 radical (unpaired) electrons. The molecule has 0 aliphatic rings. The summed E-state index contributed by atoms with van der Waals surface area (Å²) in [4.78, 5) is 12.1. The average Bonchev–Trinajstić information content (AvgIpc) is 2.59. The summed E-state index contributed by atoms with van der Waals surface area (Å²) >= 11 is 0. The Balaban J connectivity index is 2.01. The number of carbonyl (C=O) groups excluding carboxylic acids is 1. The third-order valence-electron chi connectivity index (χ3n) is 3.35. The van der Waals surface area contributed by atoms with Crippen LogP contribution in [0.2, 0.25) is 0 Å². The van der Waals surface area contributed by atoms with E-state index >= 15 is 0 Å². The van der Waals surface area contributed by atoms with E-state index in [0.29, 0.717) is 30.2 Å². The molecule has 2 aromatic carbocycles. The first-order chi connectivity index (χ1) is 10.7. The lowest BCUT2D eigenvalue weighted by Crippen LogP contribution is -2.22. The van der Waals surface area contributed by atoms with E-state index in [0.717, 1.165) is 11.1 Å². The maximum Gasteiger partial charge on any atom is 0.251 e. The van der Waals surface area contributed by atoms with Gasteiger partial charge in [0.25, 0.3) is 5.91 Å². The van der Waals surface area contributed by atoms with E-state index in [2.05, 4.69) is 5.32 Å². The lowest BCUT2D eigenvalue weighted by molar-refractivity contribution is 0.0951. The number of benzene rings is 2. The van der Waals surface area contributed by atoms with Crippen molar-refractivity contribution in [2.24, 2.45) is 5.73 Å². The van der Waals surface area contributed by atoms with Crippen LogP contribution < -0.4 is 20.5 Å². The van der Waals surface area contributed by atoms with Gasteiger partial charge in [0.05, 0.1) is 14.2 Å². The zero-order chi connectivity index (χ0) is 15.9. The Hall–Kier alpha value is -2.53. The molecule has 5 nitrogen and oxygen atoms in total. The average molecular weight is 300 g/mol. The summed E-state index contributed by atoms with van der Waals surface area (Å²) in [5.41, 5.74) is 8.08. The van der Waals surface area contributed by atoms with E-state index in [1.165, 1.54) is 0 Å². The third-order valence-corrected chi connectivity index (χ3v) is 3.35. The van der Waals surface area contributed by atoms with Gasteiger partial charge in [0.15, 0.2) is 11.5 Å². The van der Waals surface area contributed by atoms with Gasteiger partial charge >= 0.3 is 0 Å². The summed E-state index contributed by atoms with van der Waals surface area (Å²) in [7, 11) is 3.17. The second-order valence-electron chi connectivity index (χ2n) is 4.77. The molecular weight excluding hydrogens is 280 g/mol. The normalized spacial score (nSPS) is 10.1. The van der Waals surface area contributed by atoms with Crippen molar-refractivity contribution in [3.8, 4) is 11.5 Å². The van der Waals surface area contributed by atoms with Crippen molar-refractivity contribution in [3.63, 3.8) is 0 Å². The monoisotopic (exact) mass is 300 g/mol. The van der Waals surface area contributed by atoms with Crippen LogP contribution in [0.25, 0.3) is 0 Å². The minimum Gasteiger partial charge on any atom is -0.493 e. The first-order valence-electron chi connectivity index (χ1n) is 6.96. The molecule has 0 aromatic heterocycles. The fraction of sp³-hybridized carbons (Fsp3) is 0.235. The number of hydrogen-bond acceptors (Lipinski definition) is 4. The molecule has 0 atom stereocenters. The second kappa shape index (κ2) is 7.47. The highest BCUT2D eigenvalue weighted by atomic mass is 16.5. The van der Waals surface area contributed by atoms with Crippen molar-refractivity contribution in [2.45, 2.75) is 13.1 Å². The Kier molecular flexibility index (Phi) is 5.38. The first-order valence-corrected chi connectivity index (χ1v) is 6.96. The van der Waals surface area contributed by atoms with E-state index < -0.39 is 0 Å².